The van der Waals surface area contributed by atoms with Crippen molar-refractivity contribution in [2.75, 3.05) is 5.01 Å². The van der Waals surface area contributed by atoms with E-state index in [0.717, 1.165) is 4.47 Å². The molecule has 20 heavy (non-hydrogen) atoms. The van der Waals surface area contributed by atoms with E-state index in [-0.39, 0.29) is 5.57 Å². The molecule has 2 amide bonds. The SMILES string of the molecule is O=C1NN(c2ccc(Br)cc2)C(=O)/C1=C/c1ccco1. The number of carbonyl (C=O) groups is 2. The van der Waals surface area contributed by atoms with E-state index in [1.54, 1.807) is 36.4 Å². The van der Waals surface area contributed by atoms with Crippen LogP contribution in [0.4, 0.5) is 5.69 Å². The summed E-state index contributed by atoms with van der Waals surface area (Å²) in [5.41, 5.74) is 3.16. The number of hydrogen-bond donors (Lipinski definition) is 1. The molecular weight excluding hydrogens is 324 g/mol. The topological polar surface area (TPSA) is 62.6 Å². The Bertz CT molecular complexity index is 690. The minimum Gasteiger partial charge on any atom is -0.465 e. The zero-order valence-electron chi connectivity index (χ0n) is 10.2. The lowest BCUT2D eigenvalue weighted by molar-refractivity contribution is -0.117. The van der Waals surface area contributed by atoms with Crippen LogP contribution in [0.1, 0.15) is 5.76 Å². The van der Waals surface area contributed by atoms with Gasteiger partial charge in [-0.2, -0.15) is 0 Å². The number of nitrogens with zero attached hydrogens (tertiary/aromatic N) is 1. The second kappa shape index (κ2) is 4.97. The molecule has 1 aromatic carbocycles. The molecule has 0 spiro atoms. The summed E-state index contributed by atoms with van der Waals surface area (Å²) < 4.78 is 6.01. The summed E-state index contributed by atoms with van der Waals surface area (Å²) in [6, 6.07) is 10.4. The molecule has 0 radical (unpaired) electrons. The third kappa shape index (κ3) is 2.25. The van der Waals surface area contributed by atoms with Gasteiger partial charge in [-0.3, -0.25) is 15.0 Å². The third-order valence-electron chi connectivity index (χ3n) is 2.81. The second-order valence-electron chi connectivity index (χ2n) is 4.13. The number of furan rings is 1. The largest absolute Gasteiger partial charge is 0.465 e. The number of carbonyl (C=O) groups excluding carboxylic acids is 2. The smallest absolute Gasteiger partial charge is 0.282 e. The maximum Gasteiger partial charge on any atom is 0.282 e. The normalized spacial score (nSPS) is 16.9. The van der Waals surface area contributed by atoms with Crippen LogP contribution in [-0.2, 0) is 9.59 Å². The quantitative estimate of drug-likeness (QED) is 0.678. The summed E-state index contributed by atoms with van der Waals surface area (Å²) in [4.78, 5) is 24.1. The summed E-state index contributed by atoms with van der Waals surface area (Å²) in [5.74, 6) is -0.399. The van der Waals surface area contributed by atoms with E-state index >= 15 is 0 Å². The molecule has 2 aromatic rings. The zero-order chi connectivity index (χ0) is 14.1. The van der Waals surface area contributed by atoms with Crippen molar-refractivity contribution in [3.8, 4) is 0 Å². The monoisotopic (exact) mass is 332 g/mol. The van der Waals surface area contributed by atoms with Gasteiger partial charge in [0, 0.05) is 4.47 Å². The van der Waals surface area contributed by atoms with Crippen molar-refractivity contribution in [2.24, 2.45) is 0 Å². The van der Waals surface area contributed by atoms with Crippen molar-refractivity contribution in [3.63, 3.8) is 0 Å². The highest BCUT2D eigenvalue weighted by atomic mass is 79.9. The van der Waals surface area contributed by atoms with Gasteiger partial charge in [0.25, 0.3) is 11.8 Å². The van der Waals surface area contributed by atoms with Crippen LogP contribution in [0, 0.1) is 0 Å². The molecule has 6 heteroatoms. The van der Waals surface area contributed by atoms with Gasteiger partial charge in [0.1, 0.15) is 11.3 Å². The molecule has 1 N–H and O–H groups in total. The first kappa shape index (κ1) is 12.7. The molecule has 1 aromatic heterocycles. The lowest BCUT2D eigenvalue weighted by atomic mass is 10.2. The van der Waals surface area contributed by atoms with E-state index in [9.17, 15) is 9.59 Å². The molecule has 1 saturated heterocycles. The van der Waals surface area contributed by atoms with Gasteiger partial charge < -0.3 is 4.42 Å². The molecule has 0 bridgehead atoms. The maximum absolute atomic E-state index is 12.2. The van der Waals surface area contributed by atoms with Gasteiger partial charge in [-0.05, 0) is 42.5 Å². The second-order valence-corrected chi connectivity index (χ2v) is 5.05. The fraction of sp³-hybridized carbons (Fsp3) is 0. The molecule has 0 saturated carbocycles. The third-order valence-corrected chi connectivity index (χ3v) is 3.33. The van der Waals surface area contributed by atoms with Gasteiger partial charge in [0.05, 0.1) is 12.0 Å². The summed E-state index contributed by atoms with van der Waals surface area (Å²) >= 11 is 3.32. The Kier molecular flexibility index (Phi) is 3.15. The molecule has 100 valence electrons. The summed E-state index contributed by atoms with van der Waals surface area (Å²) in [7, 11) is 0. The lowest BCUT2D eigenvalue weighted by Gasteiger charge is -2.14. The van der Waals surface area contributed by atoms with Crippen LogP contribution in [0.3, 0.4) is 0 Å². The average molecular weight is 333 g/mol. The predicted molar refractivity (Wildman–Crippen MR) is 76.5 cm³/mol. The zero-order valence-corrected chi connectivity index (χ0v) is 11.8. The molecule has 0 unspecified atom stereocenters. The van der Waals surface area contributed by atoms with E-state index in [4.69, 9.17) is 4.42 Å². The van der Waals surface area contributed by atoms with Crippen molar-refractivity contribution in [1.29, 1.82) is 0 Å². The van der Waals surface area contributed by atoms with Crippen LogP contribution in [0.5, 0.6) is 0 Å². The summed E-state index contributed by atoms with van der Waals surface area (Å²) in [6.07, 6.45) is 2.91. The molecule has 2 heterocycles. The van der Waals surface area contributed by atoms with E-state index in [1.807, 2.05) is 0 Å². The van der Waals surface area contributed by atoms with E-state index in [1.165, 1.54) is 17.3 Å². The lowest BCUT2D eigenvalue weighted by Crippen LogP contribution is -2.35. The number of hydrogen-bond acceptors (Lipinski definition) is 3. The molecule has 1 aliphatic heterocycles. The van der Waals surface area contributed by atoms with Crippen molar-refractivity contribution in [2.45, 2.75) is 0 Å². The van der Waals surface area contributed by atoms with Crippen molar-refractivity contribution in [1.82, 2.24) is 5.43 Å². The Labute approximate surface area is 123 Å². The Balaban J connectivity index is 1.92. The van der Waals surface area contributed by atoms with Gasteiger partial charge in [-0.15, -0.1) is 0 Å². The van der Waals surface area contributed by atoms with Gasteiger partial charge in [-0.25, -0.2) is 5.01 Å². The van der Waals surface area contributed by atoms with E-state index in [0.29, 0.717) is 11.4 Å². The van der Waals surface area contributed by atoms with Crippen molar-refractivity contribution >= 4 is 39.5 Å². The number of benzene rings is 1. The highest BCUT2D eigenvalue weighted by Crippen LogP contribution is 2.23. The number of hydrazine groups is 1. The van der Waals surface area contributed by atoms with Crippen LogP contribution >= 0.6 is 15.9 Å². The minimum absolute atomic E-state index is 0.0443. The first-order chi connectivity index (χ1) is 9.65. The molecule has 3 rings (SSSR count). The Morgan fingerprint density at radius 3 is 2.55 bits per heavy atom. The highest BCUT2D eigenvalue weighted by molar-refractivity contribution is 9.10. The average Bonchev–Trinajstić information content (AvgIpc) is 3.04. The number of nitrogens with one attached hydrogen (secondary N) is 1. The fourth-order valence-electron chi connectivity index (χ4n) is 1.85. The standard InChI is InChI=1S/C14H9BrN2O3/c15-9-3-5-10(6-4-9)17-14(19)12(13(18)16-17)8-11-2-1-7-20-11/h1-8H,(H,16,18)/b12-8+. The summed E-state index contributed by atoms with van der Waals surface area (Å²) in [6.45, 7) is 0. The molecule has 1 fully saturated rings. The van der Waals surface area contributed by atoms with Crippen molar-refractivity contribution in [3.05, 3.63) is 58.5 Å². The first-order valence-corrected chi connectivity index (χ1v) is 6.60. The molecule has 0 atom stereocenters. The summed E-state index contributed by atoms with van der Waals surface area (Å²) in [5, 5.41) is 1.21. The van der Waals surface area contributed by atoms with Crippen LogP contribution in [-0.4, -0.2) is 11.8 Å². The predicted octanol–water partition coefficient (Wildman–Crippen LogP) is 2.50. The van der Waals surface area contributed by atoms with Gasteiger partial charge in [0.15, 0.2) is 0 Å². The van der Waals surface area contributed by atoms with Crippen LogP contribution in [0.25, 0.3) is 6.08 Å². The molecular formula is C14H9BrN2O3. The molecule has 0 aliphatic carbocycles. The van der Waals surface area contributed by atoms with Gasteiger partial charge in [0.2, 0.25) is 0 Å². The Morgan fingerprint density at radius 1 is 1.15 bits per heavy atom. The number of anilines is 1. The van der Waals surface area contributed by atoms with Crippen LogP contribution in [0.15, 0.2) is 57.1 Å². The Hall–Kier alpha value is -2.34. The van der Waals surface area contributed by atoms with Crippen molar-refractivity contribution < 1.29 is 14.0 Å². The minimum atomic E-state index is -0.450. The first-order valence-electron chi connectivity index (χ1n) is 5.81. The Morgan fingerprint density at radius 2 is 1.90 bits per heavy atom. The highest BCUT2D eigenvalue weighted by Gasteiger charge is 2.34. The van der Waals surface area contributed by atoms with Crippen LogP contribution < -0.4 is 10.4 Å². The van der Waals surface area contributed by atoms with E-state index in [2.05, 4.69) is 21.4 Å². The number of halogens is 1. The molecule has 1 aliphatic rings. The van der Waals surface area contributed by atoms with Crippen LogP contribution in [0.2, 0.25) is 0 Å². The number of rotatable bonds is 2. The maximum atomic E-state index is 12.2. The number of amides is 2. The molecule has 5 nitrogen and oxygen atoms in total. The van der Waals surface area contributed by atoms with Gasteiger partial charge in [-0.1, -0.05) is 15.9 Å². The van der Waals surface area contributed by atoms with E-state index < -0.39 is 11.8 Å². The fourth-order valence-corrected chi connectivity index (χ4v) is 2.11. The van der Waals surface area contributed by atoms with Gasteiger partial charge >= 0.3 is 0 Å².